The van der Waals surface area contributed by atoms with E-state index < -0.39 is 0 Å². The third-order valence-electron chi connectivity index (χ3n) is 3.48. The SMILES string of the molecule is CC1CCC(NCCc2ccc(O)cc2)C1. The number of nitrogens with one attached hydrogen (secondary N) is 1. The molecule has 2 unspecified atom stereocenters. The van der Waals surface area contributed by atoms with E-state index in [0.717, 1.165) is 24.9 Å². The number of benzene rings is 1. The molecule has 88 valence electrons. The average molecular weight is 219 g/mol. The molecule has 1 aromatic rings. The molecule has 2 N–H and O–H groups in total. The highest BCUT2D eigenvalue weighted by Crippen LogP contribution is 2.24. The van der Waals surface area contributed by atoms with Crippen LogP contribution in [0.25, 0.3) is 0 Å². The van der Waals surface area contributed by atoms with Crippen molar-refractivity contribution in [2.24, 2.45) is 5.92 Å². The van der Waals surface area contributed by atoms with E-state index in [-0.39, 0.29) is 0 Å². The molecular weight excluding hydrogens is 198 g/mol. The van der Waals surface area contributed by atoms with E-state index in [4.69, 9.17) is 5.11 Å². The van der Waals surface area contributed by atoms with Gasteiger partial charge in [0.15, 0.2) is 0 Å². The van der Waals surface area contributed by atoms with Gasteiger partial charge in [0.25, 0.3) is 0 Å². The molecule has 1 aliphatic carbocycles. The van der Waals surface area contributed by atoms with E-state index >= 15 is 0 Å². The Hall–Kier alpha value is -1.02. The monoisotopic (exact) mass is 219 g/mol. The topological polar surface area (TPSA) is 32.3 Å². The quantitative estimate of drug-likeness (QED) is 0.816. The molecule has 0 spiro atoms. The molecule has 1 aromatic carbocycles. The molecule has 0 heterocycles. The molecule has 2 heteroatoms. The van der Waals surface area contributed by atoms with Gasteiger partial charge < -0.3 is 10.4 Å². The van der Waals surface area contributed by atoms with E-state index in [9.17, 15) is 0 Å². The molecule has 1 aliphatic rings. The van der Waals surface area contributed by atoms with Gasteiger partial charge in [-0.15, -0.1) is 0 Å². The lowest BCUT2D eigenvalue weighted by Crippen LogP contribution is -2.28. The zero-order valence-corrected chi connectivity index (χ0v) is 9.95. The second-order valence-electron chi connectivity index (χ2n) is 4.99. The molecule has 2 rings (SSSR count). The Bertz CT molecular complexity index is 320. The molecule has 16 heavy (non-hydrogen) atoms. The Labute approximate surface area is 97.7 Å². The molecule has 0 aliphatic heterocycles. The van der Waals surface area contributed by atoms with E-state index in [1.54, 1.807) is 12.1 Å². The van der Waals surface area contributed by atoms with Crippen molar-refractivity contribution in [3.8, 4) is 5.75 Å². The highest BCUT2D eigenvalue weighted by Gasteiger charge is 2.19. The summed E-state index contributed by atoms with van der Waals surface area (Å²) in [7, 11) is 0. The molecular formula is C14H21NO. The van der Waals surface area contributed by atoms with Gasteiger partial charge in [-0.25, -0.2) is 0 Å². The Balaban J connectivity index is 1.70. The molecule has 0 radical (unpaired) electrons. The third-order valence-corrected chi connectivity index (χ3v) is 3.48. The van der Waals surface area contributed by atoms with Gasteiger partial charge in [0.2, 0.25) is 0 Å². The van der Waals surface area contributed by atoms with E-state index in [1.807, 2.05) is 12.1 Å². The van der Waals surface area contributed by atoms with Crippen LogP contribution in [0.15, 0.2) is 24.3 Å². The summed E-state index contributed by atoms with van der Waals surface area (Å²) in [6.07, 6.45) is 5.08. The Morgan fingerprint density at radius 3 is 2.62 bits per heavy atom. The smallest absolute Gasteiger partial charge is 0.115 e. The van der Waals surface area contributed by atoms with Crippen molar-refractivity contribution in [3.63, 3.8) is 0 Å². The first-order valence-corrected chi connectivity index (χ1v) is 6.25. The first-order valence-electron chi connectivity index (χ1n) is 6.25. The average Bonchev–Trinajstić information content (AvgIpc) is 2.67. The largest absolute Gasteiger partial charge is 0.508 e. The summed E-state index contributed by atoms with van der Waals surface area (Å²) in [5.41, 5.74) is 1.29. The molecule has 2 atom stereocenters. The lowest BCUT2D eigenvalue weighted by atomic mass is 10.1. The third kappa shape index (κ3) is 3.24. The number of phenols is 1. The van der Waals surface area contributed by atoms with Gasteiger partial charge in [-0.3, -0.25) is 0 Å². The Morgan fingerprint density at radius 1 is 1.25 bits per heavy atom. The fourth-order valence-corrected chi connectivity index (χ4v) is 2.48. The number of hydrogen-bond acceptors (Lipinski definition) is 2. The summed E-state index contributed by atoms with van der Waals surface area (Å²) in [6.45, 7) is 3.38. The van der Waals surface area contributed by atoms with Crippen LogP contribution in [0.3, 0.4) is 0 Å². The van der Waals surface area contributed by atoms with Crippen LogP contribution in [0.5, 0.6) is 5.75 Å². The van der Waals surface area contributed by atoms with Crippen molar-refractivity contribution in [3.05, 3.63) is 29.8 Å². The van der Waals surface area contributed by atoms with Crippen LogP contribution in [0, 0.1) is 5.92 Å². The summed E-state index contributed by atoms with van der Waals surface area (Å²) in [6, 6.07) is 8.23. The molecule has 0 aromatic heterocycles. The van der Waals surface area contributed by atoms with Crippen LogP contribution >= 0.6 is 0 Å². The van der Waals surface area contributed by atoms with Gasteiger partial charge in [-0.1, -0.05) is 19.1 Å². The van der Waals surface area contributed by atoms with Gasteiger partial charge in [0.05, 0.1) is 0 Å². The van der Waals surface area contributed by atoms with Gasteiger partial charge in [-0.2, -0.15) is 0 Å². The van der Waals surface area contributed by atoms with Crippen molar-refractivity contribution >= 4 is 0 Å². The lowest BCUT2D eigenvalue weighted by molar-refractivity contribution is 0.474. The summed E-state index contributed by atoms with van der Waals surface area (Å²) < 4.78 is 0. The van der Waals surface area contributed by atoms with Crippen molar-refractivity contribution < 1.29 is 5.11 Å². The van der Waals surface area contributed by atoms with Crippen molar-refractivity contribution in [1.82, 2.24) is 5.32 Å². The Morgan fingerprint density at radius 2 is 2.00 bits per heavy atom. The minimum absolute atomic E-state index is 0.348. The molecule has 0 bridgehead atoms. The molecule has 2 nitrogen and oxygen atoms in total. The van der Waals surface area contributed by atoms with Crippen molar-refractivity contribution in [2.75, 3.05) is 6.54 Å². The predicted octanol–water partition coefficient (Wildman–Crippen LogP) is 2.71. The van der Waals surface area contributed by atoms with Crippen LogP contribution < -0.4 is 5.32 Å². The minimum Gasteiger partial charge on any atom is -0.508 e. The van der Waals surface area contributed by atoms with E-state index in [0.29, 0.717) is 5.75 Å². The van der Waals surface area contributed by atoms with Crippen LogP contribution in [-0.2, 0) is 6.42 Å². The second-order valence-corrected chi connectivity index (χ2v) is 4.99. The first kappa shape index (κ1) is 11.5. The minimum atomic E-state index is 0.348. The number of aromatic hydroxyl groups is 1. The summed E-state index contributed by atoms with van der Waals surface area (Å²) in [4.78, 5) is 0. The molecule has 1 saturated carbocycles. The van der Waals surface area contributed by atoms with Crippen LogP contribution in [0.1, 0.15) is 31.7 Å². The maximum atomic E-state index is 9.17. The zero-order valence-electron chi connectivity index (χ0n) is 9.95. The number of phenolic OH excluding ortho intramolecular Hbond substituents is 1. The number of rotatable bonds is 4. The first-order chi connectivity index (χ1) is 7.74. The number of hydrogen-bond donors (Lipinski definition) is 2. The maximum absolute atomic E-state index is 9.17. The highest BCUT2D eigenvalue weighted by atomic mass is 16.3. The normalized spacial score (nSPS) is 24.8. The fraction of sp³-hybridized carbons (Fsp3) is 0.571. The van der Waals surface area contributed by atoms with Crippen molar-refractivity contribution in [1.29, 1.82) is 0 Å². The lowest BCUT2D eigenvalue weighted by Gasteiger charge is -2.12. The van der Waals surface area contributed by atoms with E-state index in [2.05, 4.69) is 12.2 Å². The summed E-state index contributed by atoms with van der Waals surface area (Å²) >= 11 is 0. The molecule has 0 amide bonds. The van der Waals surface area contributed by atoms with Gasteiger partial charge in [0.1, 0.15) is 5.75 Å². The maximum Gasteiger partial charge on any atom is 0.115 e. The van der Waals surface area contributed by atoms with E-state index in [1.165, 1.54) is 24.8 Å². The van der Waals surface area contributed by atoms with Gasteiger partial charge in [-0.05, 0) is 55.8 Å². The molecule has 1 fully saturated rings. The standard InChI is InChI=1S/C14H21NO/c1-11-2-5-13(10-11)15-9-8-12-3-6-14(16)7-4-12/h3-4,6-7,11,13,15-16H,2,5,8-10H2,1H3. The summed E-state index contributed by atoms with van der Waals surface area (Å²) in [5, 5.41) is 12.8. The zero-order chi connectivity index (χ0) is 11.4. The van der Waals surface area contributed by atoms with Crippen molar-refractivity contribution in [2.45, 2.75) is 38.6 Å². The highest BCUT2D eigenvalue weighted by molar-refractivity contribution is 5.25. The predicted molar refractivity (Wildman–Crippen MR) is 66.6 cm³/mol. The van der Waals surface area contributed by atoms with Gasteiger partial charge >= 0.3 is 0 Å². The fourth-order valence-electron chi connectivity index (χ4n) is 2.48. The molecule has 0 saturated heterocycles. The van der Waals surface area contributed by atoms with Crippen LogP contribution in [0.2, 0.25) is 0 Å². The second kappa shape index (κ2) is 5.35. The summed E-state index contributed by atoms with van der Waals surface area (Å²) in [5.74, 6) is 1.24. The van der Waals surface area contributed by atoms with Gasteiger partial charge in [0, 0.05) is 6.04 Å². The van der Waals surface area contributed by atoms with Crippen LogP contribution in [-0.4, -0.2) is 17.7 Å². The Kier molecular flexibility index (Phi) is 3.83. The van der Waals surface area contributed by atoms with Crippen LogP contribution in [0.4, 0.5) is 0 Å².